The molecule has 190 valence electrons. The largest absolute Gasteiger partial charge is 0.494 e. The molecule has 1 saturated heterocycles. The summed E-state index contributed by atoms with van der Waals surface area (Å²) in [6, 6.07) is 12.9. The minimum absolute atomic E-state index is 0.107. The summed E-state index contributed by atoms with van der Waals surface area (Å²) < 4.78 is 19.6. The first-order valence-corrected chi connectivity index (χ1v) is 12.9. The Kier molecular flexibility index (Phi) is 7.53. The molecule has 0 radical (unpaired) electrons. The monoisotopic (exact) mass is 482 g/mol. The zero-order valence-electron chi connectivity index (χ0n) is 21.2. The number of halogens is 1. The molecule has 35 heavy (non-hydrogen) atoms. The van der Waals surface area contributed by atoms with Crippen LogP contribution in [-0.2, 0) is 16.8 Å². The van der Waals surface area contributed by atoms with Crippen molar-refractivity contribution in [2.45, 2.75) is 75.9 Å². The maximum absolute atomic E-state index is 14.6. The molecule has 5 nitrogen and oxygen atoms in total. The highest BCUT2D eigenvalue weighted by Crippen LogP contribution is 2.43. The van der Waals surface area contributed by atoms with E-state index in [1.54, 1.807) is 11.0 Å². The molecule has 2 aromatic rings. The van der Waals surface area contributed by atoms with Gasteiger partial charge in [0.05, 0.1) is 7.11 Å². The molecular weight excluding hydrogens is 443 g/mol. The molecule has 4 rings (SSSR count). The number of amides is 1. The lowest BCUT2D eigenvalue weighted by atomic mass is 9.77. The Morgan fingerprint density at radius 3 is 2.37 bits per heavy atom. The van der Waals surface area contributed by atoms with Crippen LogP contribution in [-0.4, -0.2) is 41.7 Å². The number of carbonyl (C=O) groups excluding carboxylic acids is 1. The third-order valence-electron chi connectivity index (χ3n) is 7.79. The van der Waals surface area contributed by atoms with Gasteiger partial charge in [0.1, 0.15) is 0 Å². The summed E-state index contributed by atoms with van der Waals surface area (Å²) in [7, 11) is 1.41. The second-order valence-corrected chi connectivity index (χ2v) is 11.0. The number of nitrogens with zero attached hydrogens (tertiary/aromatic N) is 1. The number of benzene rings is 2. The predicted octanol–water partition coefficient (Wildman–Crippen LogP) is 4.90. The second-order valence-electron chi connectivity index (χ2n) is 11.0. The first-order valence-electron chi connectivity index (χ1n) is 12.9. The molecule has 1 aliphatic carbocycles. The van der Waals surface area contributed by atoms with Crippen LogP contribution in [0.3, 0.4) is 0 Å². The zero-order valence-corrected chi connectivity index (χ0v) is 21.2. The minimum atomic E-state index is -1.72. The van der Waals surface area contributed by atoms with Gasteiger partial charge in [0.15, 0.2) is 17.2 Å². The maximum Gasteiger partial charge on any atom is 0.259 e. The van der Waals surface area contributed by atoms with E-state index in [1.165, 1.54) is 30.4 Å². The maximum atomic E-state index is 14.6. The Labute approximate surface area is 208 Å². The van der Waals surface area contributed by atoms with Crippen molar-refractivity contribution in [3.63, 3.8) is 0 Å². The molecule has 2 aromatic carbocycles. The topological polar surface area (TPSA) is 75.8 Å². The molecule has 1 unspecified atom stereocenters. The zero-order chi connectivity index (χ0) is 25.2. The molecule has 1 aliphatic heterocycles. The molecule has 1 saturated carbocycles. The summed E-state index contributed by atoms with van der Waals surface area (Å²) in [5, 5.41) is 11.9. The number of methoxy groups -OCH3 is 1. The third kappa shape index (κ3) is 5.39. The van der Waals surface area contributed by atoms with Gasteiger partial charge in [0.25, 0.3) is 5.91 Å². The highest BCUT2D eigenvalue weighted by atomic mass is 19.1. The van der Waals surface area contributed by atoms with Gasteiger partial charge in [-0.3, -0.25) is 4.79 Å². The third-order valence-corrected chi connectivity index (χ3v) is 7.79. The van der Waals surface area contributed by atoms with Crippen molar-refractivity contribution < 1.29 is 19.0 Å². The fourth-order valence-electron chi connectivity index (χ4n) is 6.00. The normalized spacial score (nSPS) is 19.5. The quantitative estimate of drug-likeness (QED) is 0.589. The van der Waals surface area contributed by atoms with Crippen LogP contribution in [0.25, 0.3) is 0 Å². The van der Waals surface area contributed by atoms with Crippen molar-refractivity contribution in [2.24, 2.45) is 11.7 Å². The van der Waals surface area contributed by atoms with Gasteiger partial charge in [0.2, 0.25) is 0 Å². The first-order chi connectivity index (χ1) is 16.6. The smallest absolute Gasteiger partial charge is 0.259 e. The summed E-state index contributed by atoms with van der Waals surface area (Å²) in [5.74, 6) is -0.630. The van der Waals surface area contributed by atoms with E-state index in [4.69, 9.17) is 10.5 Å². The van der Waals surface area contributed by atoms with E-state index in [0.29, 0.717) is 24.6 Å². The van der Waals surface area contributed by atoms with E-state index in [9.17, 15) is 14.3 Å². The van der Waals surface area contributed by atoms with E-state index < -0.39 is 11.4 Å². The number of hydrogen-bond donors (Lipinski definition) is 2. The lowest BCUT2D eigenvalue weighted by Crippen LogP contribution is -2.52. The van der Waals surface area contributed by atoms with Crippen molar-refractivity contribution in [1.29, 1.82) is 0 Å². The minimum Gasteiger partial charge on any atom is -0.494 e. The molecular formula is C29H39FN2O3. The molecule has 3 N–H and O–H groups in total. The van der Waals surface area contributed by atoms with Crippen LogP contribution < -0.4 is 10.5 Å². The average Bonchev–Trinajstić information content (AvgIpc) is 3.38. The van der Waals surface area contributed by atoms with E-state index >= 15 is 0 Å². The van der Waals surface area contributed by atoms with Crippen LogP contribution in [0.5, 0.6) is 5.75 Å². The van der Waals surface area contributed by atoms with E-state index in [1.807, 2.05) is 13.8 Å². The van der Waals surface area contributed by atoms with Gasteiger partial charge >= 0.3 is 0 Å². The van der Waals surface area contributed by atoms with Crippen molar-refractivity contribution in [1.82, 2.24) is 4.90 Å². The molecule has 1 atom stereocenters. The lowest BCUT2D eigenvalue weighted by molar-refractivity contribution is -0.160. The Balaban J connectivity index is 1.54. The molecule has 1 amide bonds. The molecule has 6 heteroatoms. The van der Waals surface area contributed by atoms with Crippen LogP contribution in [0, 0.1) is 11.7 Å². The van der Waals surface area contributed by atoms with Gasteiger partial charge < -0.3 is 20.5 Å². The van der Waals surface area contributed by atoms with Crippen molar-refractivity contribution in [2.75, 3.05) is 20.2 Å². The molecule has 0 bridgehead atoms. The average molecular weight is 483 g/mol. The SMILES string of the molecule is COc1ccc(C(O)(C(=O)N2CCC(c3ccccc3CC(C)(C)N)CC2)C2CCCC2)cc1F. The molecule has 2 fully saturated rings. The van der Waals surface area contributed by atoms with Gasteiger partial charge in [-0.1, -0.05) is 43.2 Å². The summed E-state index contributed by atoms with van der Waals surface area (Å²) >= 11 is 0. The molecule has 0 aromatic heterocycles. The summed E-state index contributed by atoms with van der Waals surface area (Å²) in [6.45, 7) is 5.21. The Hall–Kier alpha value is -2.44. The summed E-state index contributed by atoms with van der Waals surface area (Å²) in [5.41, 5.74) is 7.18. The number of carbonyl (C=O) groups is 1. The summed E-state index contributed by atoms with van der Waals surface area (Å²) in [6.07, 6.45) is 5.90. The van der Waals surface area contributed by atoms with Crippen molar-refractivity contribution in [3.8, 4) is 5.75 Å². The van der Waals surface area contributed by atoms with E-state index in [-0.39, 0.29) is 23.1 Å². The number of likely N-dealkylation sites (tertiary alicyclic amines) is 1. The number of hydrogen-bond acceptors (Lipinski definition) is 4. The number of rotatable bonds is 7. The highest BCUT2D eigenvalue weighted by molar-refractivity contribution is 5.87. The molecule has 1 heterocycles. The van der Waals surface area contributed by atoms with E-state index in [2.05, 4.69) is 24.3 Å². The Morgan fingerprint density at radius 2 is 1.77 bits per heavy atom. The standard InChI is InChI=1S/C29H39FN2O3/c1-28(2,31)19-21-8-4-7-11-24(21)20-14-16-32(17-15-20)27(33)29(34,22-9-5-6-10-22)23-12-13-26(35-3)25(30)18-23/h4,7-8,11-13,18,20,22,34H,5-6,9-10,14-17,19,31H2,1-3H3. The van der Waals surface area contributed by atoms with Crippen LogP contribution in [0.4, 0.5) is 4.39 Å². The number of ether oxygens (including phenoxy) is 1. The van der Waals surface area contributed by atoms with E-state index in [0.717, 1.165) is 44.9 Å². The summed E-state index contributed by atoms with van der Waals surface area (Å²) in [4.78, 5) is 15.7. The lowest BCUT2D eigenvalue weighted by Gasteiger charge is -2.41. The number of nitrogens with two attached hydrogens (primary N) is 1. The predicted molar refractivity (Wildman–Crippen MR) is 136 cm³/mol. The van der Waals surface area contributed by atoms with Crippen LogP contribution in [0.2, 0.25) is 0 Å². The fourth-order valence-corrected chi connectivity index (χ4v) is 6.00. The van der Waals surface area contributed by atoms with Gasteiger partial charge in [-0.25, -0.2) is 4.39 Å². The first kappa shape index (κ1) is 25.6. The highest BCUT2D eigenvalue weighted by Gasteiger charge is 2.49. The van der Waals surface area contributed by atoms with Crippen LogP contribution in [0.1, 0.15) is 75.0 Å². The molecule has 2 aliphatic rings. The van der Waals surface area contributed by atoms with Gasteiger partial charge in [-0.2, -0.15) is 0 Å². The Bertz CT molecular complexity index is 1040. The van der Waals surface area contributed by atoms with Crippen molar-refractivity contribution in [3.05, 3.63) is 65.0 Å². The van der Waals surface area contributed by atoms with Gasteiger partial charge in [-0.05, 0) is 80.7 Å². The van der Waals surface area contributed by atoms with Gasteiger partial charge in [0, 0.05) is 24.5 Å². The Morgan fingerprint density at radius 1 is 1.11 bits per heavy atom. The second kappa shape index (κ2) is 10.3. The van der Waals surface area contributed by atoms with Crippen LogP contribution in [0.15, 0.2) is 42.5 Å². The fraction of sp³-hybridized carbons (Fsp3) is 0.552. The molecule has 0 spiro atoms. The number of aliphatic hydroxyl groups is 1. The van der Waals surface area contributed by atoms with Crippen molar-refractivity contribution >= 4 is 5.91 Å². The van der Waals surface area contributed by atoms with Gasteiger partial charge in [-0.15, -0.1) is 0 Å². The number of piperidine rings is 1. The van der Waals surface area contributed by atoms with Crippen LogP contribution >= 0.6 is 0 Å².